The van der Waals surface area contributed by atoms with Gasteiger partial charge in [-0.25, -0.2) is 0 Å². The van der Waals surface area contributed by atoms with E-state index in [9.17, 15) is 9.59 Å². The van der Waals surface area contributed by atoms with Crippen molar-refractivity contribution in [3.05, 3.63) is 105 Å². The number of thiocarbonyl (C=S) groups is 1. The molecule has 0 aromatic heterocycles. The number of carbonyl (C=O) groups is 2. The first kappa shape index (κ1) is 21.4. The maximum absolute atomic E-state index is 13.1. The summed E-state index contributed by atoms with van der Waals surface area (Å²) in [6.45, 7) is 0. The molecule has 7 heteroatoms. The molecule has 1 heterocycles. The van der Waals surface area contributed by atoms with Crippen LogP contribution in [-0.2, 0) is 16.0 Å². The van der Waals surface area contributed by atoms with Crippen LogP contribution < -0.4 is 10.2 Å². The Kier molecular flexibility index (Phi) is 6.32. The number of benzene rings is 3. The second-order valence-electron chi connectivity index (χ2n) is 6.91. The fourth-order valence-corrected chi connectivity index (χ4v) is 4.24. The fraction of sp³-hybridized carbons (Fsp3) is 0.0417. The van der Waals surface area contributed by atoms with Crippen molar-refractivity contribution < 1.29 is 9.59 Å². The first-order valence-electron chi connectivity index (χ1n) is 9.42. The molecule has 1 saturated heterocycles. The van der Waals surface area contributed by atoms with E-state index in [1.54, 1.807) is 30.3 Å². The summed E-state index contributed by atoms with van der Waals surface area (Å²) in [7, 11) is 0. The first-order valence-corrected chi connectivity index (χ1v) is 11.0. The van der Waals surface area contributed by atoms with Gasteiger partial charge in [-0.05, 0) is 59.2 Å². The lowest BCUT2D eigenvalue weighted by Gasteiger charge is -2.28. The van der Waals surface area contributed by atoms with Gasteiger partial charge in [0.2, 0.25) is 0 Å². The van der Waals surface area contributed by atoms with E-state index in [0.717, 1.165) is 15.6 Å². The van der Waals surface area contributed by atoms with Gasteiger partial charge in [0.05, 0.1) is 5.69 Å². The lowest BCUT2D eigenvalue weighted by Crippen LogP contribution is -2.54. The highest BCUT2D eigenvalue weighted by Gasteiger charge is 2.34. The molecule has 2 amide bonds. The van der Waals surface area contributed by atoms with E-state index in [-0.39, 0.29) is 10.7 Å². The van der Waals surface area contributed by atoms with Gasteiger partial charge in [-0.2, -0.15) is 0 Å². The maximum atomic E-state index is 13.1. The molecule has 0 saturated carbocycles. The van der Waals surface area contributed by atoms with Crippen LogP contribution in [0.15, 0.2) is 82.8 Å². The second kappa shape index (κ2) is 9.14. The van der Waals surface area contributed by atoms with Crippen LogP contribution in [0.3, 0.4) is 0 Å². The number of nitrogens with zero attached hydrogens (tertiary/aromatic N) is 1. The molecule has 0 spiro atoms. The third-order valence-electron chi connectivity index (χ3n) is 4.84. The van der Waals surface area contributed by atoms with Crippen molar-refractivity contribution in [2.24, 2.45) is 0 Å². The van der Waals surface area contributed by atoms with Gasteiger partial charge in [0, 0.05) is 15.9 Å². The van der Waals surface area contributed by atoms with Gasteiger partial charge in [0.25, 0.3) is 11.8 Å². The predicted molar refractivity (Wildman–Crippen MR) is 131 cm³/mol. The number of hydrogen-bond acceptors (Lipinski definition) is 3. The number of amides is 2. The summed E-state index contributed by atoms with van der Waals surface area (Å²) in [5.74, 6) is -1.01. The Morgan fingerprint density at radius 2 is 1.68 bits per heavy atom. The van der Waals surface area contributed by atoms with E-state index in [0.29, 0.717) is 22.7 Å². The van der Waals surface area contributed by atoms with E-state index >= 15 is 0 Å². The Balaban J connectivity index is 1.63. The van der Waals surface area contributed by atoms with E-state index in [4.69, 9.17) is 23.8 Å². The Hall–Kier alpha value is -2.80. The number of para-hydroxylation sites is 1. The molecule has 0 aliphatic carbocycles. The molecule has 1 fully saturated rings. The Bertz CT molecular complexity index is 1230. The van der Waals surface area contributed by atoms with E-state index in [2.05, 4.69) is 21.2 Å². The first-order chi connectivity index (χ1) is 14.9. The SMILES string of the molecule is O=C1NC(=S)N(c2ccccc2)C(=O)/C1=C\c1ccc(Cc2ccccc2Br)c(Cl)c1. The van der Waals surface area contributed by atoms with Gasteiger partial charge < -0.3 is 0 Å². The average Bonchev–Trinajstić information content (AvgIpc) is 2.75. The van der Waals surface area contributed by atoms with Crippen LogP contribution in [0.25, 0.3) is 6.08 Å². The Labute approximate surface area is 198 Å². The molecule has 154 valence electrons. The van der Waals surface area contributed by atoms with Crippen molar-refractivity contribution >= 4 is 68.4 Å². The minimum atomic E-state index is -0.532. The van der Waals surface area contributed by atoms with Crippen LogP contribution in [0, 0.1) is 0 Å². The van der Waals surface area contributed by atoms with Crippen LogP contribution in [-0.4, -0.2) is 16.9 Å². The van der Waals surface area contributed by atoms with Gasteiger partial charge in [0.1, 0.15) is 5.57 Å². The predicted octanol–water partition coefficient (Wildman–Crippen LogP) is 5.52. The molecular weight excluding hydrogens is 496 g/mol. The van der Waals surface area contributed by atoms with Crippen LogP contribution >= 0.6 is 39.7 Å². The number of nitrogens with one attached hydrogen (secondary N) is 1. The zero-order valence-electron chi connectivity index (χ0n) is 16.1. The standard InChI is InChI=1S/C24H16BrClN2O2S/c25-20-9-5-4-6-16(20)14-17-11-10-15(13-21(17)26)12-19-22(29)27-24(31)28(23(19)30)18-7-2-1-3-8-18/h1-13H,14H2,(H,27,29,31)/b19-12-. The van der Waals surface area contributed by atoms with E-state index in [1.807, 2.05) is 42.5 Å². The molecule has 3 aromatic carbocycles. The van der Waals surface area contributed by atoms with Gasteiger partial charge in [-0.15, -0.1) is 0 Å². The van der Waals surface area contributed by atoms with Crippen molar-refractivity contribution in [3.8, 4) is 0 Å². The van der Waals surface area contributed by atoms with E-state index < -0.39 is 11.8 Å². The zero-order valence-corrected chi connectivity index (χ0v) is 19.3. The lowest BCUT2D eigenvalue weighted by molar-refractivity contribution is -0.122. The minimum Gasteiger partial charge on any atom is -0.298 e. The van der Waals surface area contributed by atoms with Gasteiger partial charge in [-0.3, -0.25) is 19.8 Å². The summed E-state index contributed by atoms with van der Waals surface area (Å²) in [5.41, 5.74) is 3.30. The molecule has 0 bridgehead atoms. The molecular formula is C24H16BrClN2O2S. The molecule has 0 radical (unpaired) electrons. The van der Waals surface area contributed by atoms with Crippen molar-refractivity contribution in [1.29, 1.82) is 0 Å². The topological polar surface area (TPSA) is 49.4 Å². The fourth-order valence-electron chi connectivity index (χ4n) is 3.28. The van der Waals surface area contributed by atoms with Crippen LogP contribution in [0.5, 0.6) is 0 Å². The van der Waals surface area contributed by atoms with Crippen LogP contribution in [0.4, 0.5) is 5.69 Å². The number of rotatable bonds is 4. The van der Waals surface area contributed by atoms with Crippen molar-refractivity contribution in [2.75, 3.05) is 4.90 Å². The summed E-state index contributed by atoms with van der Waals surface area (Å²) >= 11 is 15.3. The van der Waals surface area contributed by atoms with Crippen LogP contribution in [0.2, 0.25) is 5.02 Å². The molecule has 4 rings (SSSR count). The molecule has 0 atom stereocenters. The van der Waals surface area contributed by atoms with Crippen molar-refractivity contribution in [1.82, 2.24) is 5.32 Å². The third-order valence-corrected chi connectivity index (χ3v) is 6.25. The molecule has 1 N–H and O–H groups in total. The Morgan fingerprint density at radius 1 is 0.968 bits per heavy atom. The largest absolute Gasteiger partial charge is 0.298 e. The summed E-state index contributed by atoms with van der Waals surface area (Å²) < 4.78 is 1.01. The molecule has 4 nitrogen and oxygen atoms in total. The normalized spacial score (nSPS) is 15.4. The van der Waals surface area contributed by atoms with Gasteiger partial charge in [-0.1, -0.05) is 76.1 Å². The van der Waals surface area contributed by atoms with Gasteiger partial charge in [0.15, 0.2) is 5.11 Å². The molecule has 0 unspecified atom stereocenters. The summed E-state index contributed by atoms with van der Waals surface area (Å²) in [4.78, 5) is 26.8. The van der Waals surface area contributed by atoms with Crippen molar-refractivity contribution in [3.63, 3.8) is 0 Å². The average molecular weight is 512 g/mol. The molecule has 1 aliphatic rings. The lowest BCUT2D eigenvalue weighted by atomic mass is 10.0. The highest BCUT2D eigenvalue weighted by molar-refractivity contribution is 9.10. The molecule has 3 aromatic rings. The number of halogens is 2. The maximum Gasteiger partial charge on any atom is 0.270 e. The summed E-state index contributed by atoms with van der Waals surface area (Å²) in [6, 6.07) is 22.4. The van der Waals surface area contributed by atoms with E-state index in [1.165, 1.54) is 11.0 Å². The zero-order chi connectivity index (χ0) is 22.0. The van der Waals surface area contributed by atoms with Gasteiger partial charge >= 0.3 is 0 Å². The quantitative estimate of drug-likeness (QED) is 0.285. The monoisotopic (exact) mass is 510 g/mol. The smallest absolute Gasteiger partial charge is 0.270 e. The molecule has 1 aliphatic heterocycles. The summed E-state index contributed by atoms with van der Waals surface area (Å²) in [6.07, 6.45) is 2.19. The minimum absolute atomic E-state index is 0.00734. The highest BCUT2D eigenvalue weighted by atomic mass is 79.9. The summed E-state index contributed by atoms with van der Waals surface area (Å²) in [5, 5.41) is 3.20. The number of carbonyl (C=O) groups excluding carboxylic acids is 2. The third kappa shape index (κ3) is 4.61. The highest BCUT2D eigenvalue weighted by Crippen LogP contribution is 2.27. The van der Waals surface area contributed by atoms with Crippen molar-refractivity contribution in [2.45, 2.75) is 6.42 Å². The second-order valence-corrected chi connectivity index (χ2v) is 8.56. The van der Waals surface area contributed by atoms with Crippen LogP contribution in [0.1, 0.15) is 16.7 Å². The number of hydrogen-bond donors (Lipinski definition) is 1. The molecule has 31 heavy (non-hydrogen) atoms. The number of anilines is 1. The Morgan fingerprint density at radius 3 is 2.39 bits per heavy atom.